The Morgan fingerprint density at radius 3 is 1.53 bits per heavy atom. The molecule has 14 nitrogen and oxygen atoms in total. The van der Waals surface area contributed by atoms with Crippen LogP contribution in [-0.4, -0.2) is 75.3 Å². The van der Waals surface area contributed by atoms with Gasteiger partial charge in [0, 0.05) is 32.3 Å². The number of hydrogen-bond acceptors (Lipinski definition) is 10. The van der Waals surface area contributed by atoms with Crippen molar-refractivity contribution >= 4 is 46.6 Å². The van der Waals surface area contributed by atoms with Gasteiger partial charge < -0.3 is 20.1 Å². The molecular weight excluding hydrogens is 747 g/mol. The molecule has 6 aromatic rings. The Morgan fingerprint density at radius 1 is 0.655 bits per heavy atom. The van der Waals surface area contributed by atoms with Gasteiger partial charge in [0.2, 0.25) is 0 Å². The first-order valence-electron chi connectivity index (χ1n) is 16.9. The Morgan fingerprint density at radius 2 is 1.09 bits per heavy atom. The lowest BCUT2D eigenvalue weighted by molar-refractivity contribution is -0.138. The van der Waals surface area contributed by atoms with Gasteiger partial charge in [0.05, 0.1) is 42.7 Å². The Labute approximate surface area is 324 Å². The first kappa shape index (κ1) is 37.0. The van der Waals surface area contributed by atoms with Gasteiger partial charge in [0.15, 0.2) is 11.6 Å². The molecule has 0 saturated carbocycles. The number of carbonyl (C=O) groups is 2. The van der Waals surface area contributed by atoms with E-state index in [-0.39, 0.29) is 18.6 Å². The van der Waals surface area contributed by atoms with E-state index in [0.29, 0.717) is 56.1 Å². The lowest BCUT2D eigenvalue weighted by Crippen LogP contribution is -2.10. The van der Waals surface area contributed by atoms with Crippen LogP contribution in [0, 0.1) is 13.8 Å². The molecule has 0 radical (unpaired) electrons. The number of carboxylic acid groups (broad SMARTS) is 2. The van der Waals surface area contributed by atoms with Crippen LogP contribution in [0.25, 0.3) is 11.4 Å². The number of aryl methyl sites for hydroxylation is 2. The van der Waals surface area contributed by atoms with Gasteiger partial charge >= 0.3 is 11.9 Å². The Balaban J connectivity index is 0.000000169. The molecule has 2 atom stereocenters. The molecule has 0 amide bonds. The number of ether oxygens (including phenoxy) is 1. The minimum absolute atomic E-state index is 0.0828. The van der Waals surface area contributed by atoms with E-state index in [1.165, 1.54) is 0 Å². The molecule has 4 heterocycles. The smallest absolute Gasteiger partial charge is 0.306 e. The number of phenols is 1. The van der Waals surface area contributed by atoms with Crippen molar-refractivity contribution in [2.45, 2.75) is 38.8 Å². The first-order chi connectivity index (χ1) is 26.4. The van der Waals surface area contributed by atoms with E-state index in [1.54, 1.807) is 61.1 Å². The van der Waals surface area contributed by atoms with Gasteiger partial charge in [-0.1, -0.05) is 47.5 Å². The number of benzene rings is 4. The molecule has 0 aliphatic carbocycles. The molecule has 0 fully saturated rings. The van der Waals surface area contributed by atoms with E-state index >= 15 is 0 Å². The number of methoxy groups -OCH3 is 1. The van der Waals surface area contributed by atoms with Crippen molar-refractivity contribution in [1.82, 2.24) is 29.5 Å². The van der Waals surface area contributed by atoms with Gasteiger partial charge in [-0.05, 0) is 74.5 Å². The van der Waals surface area contributed by atoms with E-state index in [2.05, 4.69) is 20.4 Å². The number of hydrogen-bond donors (Lipinski definition) is 3. The predicted octanol–water partition coefficient (Wildman–Crippen LogP) is 6.91. The Kier molecular flexibility index (Phi) is 10.2. The summed E-state index contributed by atoms with van der Waals surface area (Å²) in [7, 11) is 1.60. The fourth-order valence-corrected chi connectivity index (χ4v) is 6.82. The summed E-state index contributed by atoms with van der Waals surface area (Å²) in [6, 6.07) is 23.6. The van der Waals surface area contributed by atoms with Crippen LogP contribution in [0.2, 0.25) is 10.0 Å². The third-order valence-corrected chi connectivity index (χ3v) is 9.52. The second-order valence-electron chi connectivity index (χ2n) is 12.7. The number of aliphatic imine (C=N–C) groups is 2. The molecule has 3 N–H and O–H groups in total. The van der Waals surface area contributed by atoms with Crippen LogP contribution in [0.3, 0.4) is 0 Å². The number of carboxylic acids is 2. The first-order valence-corrected chi connectivity index (χ1v) is 17.6. The largest absolute Gasteiger partial charge is 0.508 e. The van der Waals surface area contributed by atoms with E-state index in [1.807, 2.05) is 54.0 Å². The van der Waals surface area contributed by atoms with Crippen LogP contribution in [0.5, 0.6) is 11.5 Å². The molecule has 4 aromatic carbocycles. The highest BCUT2D eigenvalue weighted by atomic mass is 35.5. The Hall–Kier alpha value is -6.38. The SMILES string of the molecule is COc1ccc2c(c1)C(c1ccc(Cl)cc1)=N[C@@H](CC(=O)O)c1nnc(C)n1-2.Cc1nnc2n1-c1ccc(O)cc1C(c1ccc(Cl)cc1)=N[C@H]2CC(=O)O. The molecule has 2 aliphatic rings. The number of rotatable bonds is 7. The number of aliphatic carboxylic acids is 2. The van der Waals surface area contributed by atoms with Crippen molar-refractivity contribution in [2.24, 2.45) is 9.98 Å². The average Bonchev–Trinajstić information content (AvgIpc) is 3.66. The minimum atomic E-state index is -0.986. The topological polar surface area (TPSA) is 190 Å². The summed E-state index contributed by atoms with van der Waals surface area (Å²) in [6.07, 6.45) is -0.421. The number of aromatic hydroxyl groups is 1. The van der Waals surface area contributed by atoms with Crippen LogP contribution in [0.4, 0.5) is 0 Å². The van der Waals surface area contributed by atoms with Gasteiger partial charge in [-0.15, -0.1) is 20.4 Å². The number of aromatic nitrogens is 6. The maximum atomic E-state index is 11.5. The fourth-order valence-electron chi connectivity index (χ4n) is 6.57. The van der Waals surface area contributed by atoms with Crippen molar-refractivity contribution in [3.8, 4) is 22.9 Å². The summed E-state index contributed by atoms with van der Waals surface area (Å²) in [6.45, 7) is 3.62. The minimum Gasteiger partial charge on any atom is -0.508 e. The van der Waals surface area contributed by atoms with Crippen molar-refractivity contribution in [2.75, 3.05) is 7.11 Å². The van der Waals surface area contributed by atoms with E-state index in [4.69, 9.17) is 37.9 Å². The zero-order chi connectivity index (χ0) is 39.0. The number of nitrogens with zero attached hydrogens (tertiary/aromatic N) is 8. The quantitative estimate of drug-likeness (QED) is 0.154. The van der Waals surface area contributed by atoms with E-state index < -0.39 is 24.0 Å². The zero-order valence-electron chi connectivity index (χ0n) is 29.6. The van der Waals surface area contributed by atoms with Gasteiger partial charge in [-0.3, -0.25) is 28.7 Å². The van der Waals surface area contributed by atoms with Crippen LogP contribution in [-0.2, 0) is 9.59 Å². The summed E-state index contributed by atoms with van der Waals surface area (Å²) in [5.41, 5.74) is 5.82. The molecule has 8 rings (SSSR count). The Bertz CT molecular complexity index is 2510. The van der Waals surface area contributed by atoms with Crippen molar-refractivity contribution in [3.05, 3.63) is 141 Å². The highest BCUT2D eigenvalue weighted by Crippen LogP contribution is 2.36. The summed E-state index contributed by atoms with van der Waals surface area (Å²) in [4.78, 5) is 32.4. The third-order valence-electron chi connectivity index (χ3n) is 9.01. The fraction of sp³-hybridized carbons (Fsp3) is 0.179. The second-order valence-corrected chi connectivity index (χ2v) is 13.5. The molecule has 2 aromatic heterocycles. The van der Waals surface area contributed by atoms with Crippen molar-refractivity contribution in [1.29, 1.82) is 0 Å². The van der Waals surface area contributed by atoms with Crippen molar-refractivity contribution in [3.63, 3.8) is 0 Å². The number of phenolic OH excluding ortho intramolecular Hbond substituents is 1. The summed E-state index contributed by atoms with van der Waals surface area (Å²) >= 11 is 12.0. The molecule has 0 unspecified atom stereocenters. The maximum Gasteiger partial charge on any atom is 0.306 e. The second kappa shape index (κ2) is 15.2. The molecule has 0 saturated heterocycles. The van der Waals surface area contributed by atoms with E-state index in [0.717, 1.165) is 28.1 Å². The zero-order valence-corrected chi connectivity index (χ0v) is 31.1. The summed E-state index contributed by atoms with van der Waals surface area (Å²) < 4.78 is 9.05. The highest BCUT2D eigenvalue weighted by molar-refractivity contribution is 6.31. The van der Waals surface area contributed by atoms with Gasteiger partial charge in [-0.25, -0.2) is 0 Å². The normalized spacial score (nSPS) is 15.4. The van der Waals surface area contributed by atoms with Gasteiger partial charge in [0.1, 0.15) is 35.2 Å². The predicted molar refractivity (Wildman–Crippen MR) is 205 cm³/mol. The van der Waals surface area contributed by atoms with Gasteiger partial charge in [0.25, 0.3) is 0 Å². The molecule has 16 heteroatoms. The van der Waals surface area contributed by atoms with Crippen molar-refractivity contribution < 1.29 is 29.6 Å². The van der Waals surface area contributed by atoms with Crippen LogP contribution >= 0.6 is 23.2 Å². The lowest BCUT2D eigenvalue weighted by atomic mass is 10.00. The van der Waals surface area contributed by atoms with Gasteiger partial charge in [-0.2, -0.15) is 0 Å². The van der Waals surface area contributed by atoms with Crippen LogP contribution in [0.15, 0.2) is 94.9 Å². The summed E-state index contributed by atoms with van der Waals surface area (Å²) in [5, 5.41) is 46.7. The number of halogens is 2. The molecule has 0 bridgehead atoms. The molecule has 0 spiro atoms. The molecular formula is C39H32Cl2N8O6. The monoisotopic (exact) mass is 778 g/mol. The highest BCUT2D eigenvalue weighted by Gasteiger charge is 2.31. The molecule has 278 valence electrons. The summed E-state index contributed by atoms with van der Waals surface area (Å²) in [5.74, 6) is 1.02. The maximum absolute atomic E-state index is 11.5. The standard InChI is InChI=1S/C20H17ClN4O3.C19H15ClN4O3/c1-11-23-24-20-16(10-18(26)27)22-19(12-3-5-13(21)6-4-12)15-9-14(28-2)7-8-17(15)25(11)20;1-10-22-23-19-15(9-17(26)27)21-18(11-2-4-12(20)5-3-11)14-8-13(25)6-7-16(14)24(10)19/h3-9,16H,10H2,1-2H3,(H,26,27);2-8,15,25H,9H2,1H3,(H,26,27)/t16-;15-/m00/s1. The molecule has 2 aliphatic heterocycles. The van der Waals surface area contributed by atoms with Crippen LogP contribution < -0.4 is 4.74 Å². The van der Waals surface area contributed by atoms with E-state index in [9.17, 15) is 24.9 Å². The van der Waals surface area contributed by atoms with Crippen LogP contribution in [0.1, 0.15) is 70.5 Å². The lowest BCUT2D eigenvalue weighted by Gasteiger charge is -2.14. The average molecular weight is 780 g/mol. The third kappa shape index (κ3) is 7.41. The molecule has 55 heavy (non-hydrogen) atoms. The number of fused-ring (bicyclic) bond motifs is 6.